The highest BCUT2D eigenvalue weighted by atomic mass is 16.4. The van der Waals surface area contributed by atoms with Gasteiger partial charge in [0.25, 0.3) is 0 Å². The molecule has 1 aliphatic carbocycles. The second-order valence-electron chi connectivity index (χ2n) is 4.67. The zero-order valence-corrected chi connectivity index (χ0v) is 8.28. The van der Waals surface area contributed by atoms with E-state index in [9.17, 15) is 9.90 Å². The number of amides is 1. The minimum Gasteiger partial charge on any atom is -0.465 e. The van der Waals surface area contributed by atoms with Gasteiger partial charge in [-0.15, -0.1) is 0 Å². The fourth-order valence-electron chi connectivity index (χ4n) is 2.80. The molecule has 0 radical (unpaired) electrons. The quantitative estimate of drug-likeness (QED) is 0.618. The third-order valence-electron chi connectivity index (χ3n) is 3.77. The lowest BCUT2D eigenvalue weighted by Gasteiger charge is -2.38. The van der Waals surface area contributed by atoms with Crippen LogP contribution in [0.3, 0.4) is 0 Å². The number of aliphatic hydroxyl groups is 1. The number of carbonyl (C=O) groups is 1. The molecule has 1 unspecified atom stereocenters. The van der Waals surface area contributed by atoms with Crippen LogP contribution in [0.15, 0.2) is 0 Å². The van der Waals surface area contributed by atoms with Crippen molar-refractivity contribution in [1.82, 2.24) is 4.90 Å². The van der Waals surface area contributed by atoms with E-state index in [4.69, 9.17) is 5.11 Å². The van der Waals surface area contributed by atoms with Crippen LogP contribution in [0.4, 0.5) is 4.79 Å². The van der Waals surface area contributed by atoms with Crippen molar-refractivity contribution in [3.8, 4) is 0 Å². The van der Waals surface area contributed by atoms with E-state index in [0.717, 1.165) is 32.1 Å². The number of rotatable bonds is 0. The molecular formula is C10H17NO3. The summed E-state index contributed by atoms with van der Waals surface area (Å²) in [6.07, 6.45) is 3.74. The summed E-state index contributed by atoms with van der Waals surface area (Å²) in [5, 5.41) is 18.3. The van der Waals surface area contributed by atoms with Gasteiger partial charge in [-0.05, 0) is 37.5 Å². The van der Waals surface area contributed by atoms with Crippen molar-refractivity contribution in [1.29, 1.82) is 0 Å². The average molecular weight is 199 g/mol. The third kappa shape index (κ3) is 1.71. The first-order valence-electron chi connectivity index (χ1n) is 5.27. The molecule has 0 aromatic carbocycles. The number of hydrogen-bond donors (Lipinski definition) is 2. The van der Waals surface area contributed by atoms with E-state index >= 15 is 0 Å². The van der Waals surface area contributed by atoms with Crippen molar-refractivity contribution >= 4 is 6.09 Å². The molecule has 4 heteroatoms. The van der Waals surface area contributed by atoms with Crippen molar-refractivity contribution in [2.24, 2.45) is 5.41 Å². The van der Waals surface area contributed by atoms with Crippen molar-refractivity contribution in [2.75, 3.05) is 13.1 Å². The SMILES string of the molecule is O=C(O)N1CCC2(CCC(O)C2)CC1. The van der Waals surface area contributed by atoms with Crippen molar-refractivity contribution in [3.63, 3.8) is 0 Å². The number of nitrogens with zero attached hydrogens (tertiary/aromatic N) is 1. The smallest absolute Gasteiger partial charge is 0.407 e. The molecule has 80 valence electrons. The highest BCUT2D eigenvalue weighted by Crippen LogP contribution is 2.46. The van der Waals surface area contributed by atoms with Gasteiger partial charge in [0.1, 0.15) is 0 Å². The maximum absolute atomic E-state index is 10.7. The van der Waals surface area contributed by atoms with Crippen molar-refractivity contribution < 1.29 is 15.0 Å². The molecule has 0 aromatic rings. The first kappa shape index (κ1) is 9.77. The lowest BCUT2D eigenvalue weighted by Crippen LogP contribution is -2.41. The van der Waals surface area contributed by atoms with Crippen LogP contribution in [0, 0.1) is 5.41 Å². The molecule has 14 heavy (non-hydrogen) atoms. The summed E-state index contributed by atoms with van der Waals surface area (Å²) >= 11 is 0. The van der Waals surface area contributed by atoms with Gasteiger partial charge in [0.05, 0.1) is 6.10 Å². The van der Waals surface area contributed by atoms with Crippen LogP contribution in [0.2, 0.25) is 0 Å². The van der Waals surface area contributed by atoms with Crippen LogP contribution in [0.1, 0.15) is 32.1 Å². The Labute approximate surface area is 83.5 Å². The van der Waals surface area contributed by atoms with Crippen LogP contribution in [0.25, 0.3) is 0 Å². The number of carboxylic acid groups (broad SMARTS) is 1. The summed E-state index contributed by atoms with van der Waals surface area (Å²) in [7, 11) is 0. The molecule has 2 fully saturated rings. The van der Waals surface area contributed by atoms with Crippen molar-refractivity contribution in [3.05, 3.63) is 0 Å². The lowest BCUT2D eigenvalue weighted by molar-refractivity contribution is 0.0809. The Balaban J connectivity index is 1.92. The predicted octanol–water partition coefficient (Wildman–Crippen LogP) is 1.29. The van der Waals surface area contributed by atoms with Crippen LogP contribution in [0.5, 0.6) is 0 Å². The Morgan fingerprint density at radius 3 is 2.36 bits per heavy atom. The van der Waals surface area contributed by atoms with Gasteiger partial charge in [-0.2, -0.15) is 0 Å². The molecule has 0 bridgehead atoms. The van der Waals surface area contributed by atoms with Gasteiger partial charge >= 0.3 is 6.09 Å². The molecule has 0 aromatic heterocycles. The molecular weight excluding hydrogens is 182 g/mol. The Morgan fingerprint density at radius 2 is 1.93 bits per heavy atom. The maximum Gasteiger partial charge on any atom is 0.407 e. The molecule has 2 rings (SSSR count). The predicted molar refractivity (Wildman–Crippen MR) is 51.1 cm³/mol. The van der Waals surface area contributed by atoms with Gasteiger partial charge in [-0.1, -0.05) is 0 Å². The second kappa shape index (κ2) is 3.42. The normalized spacial score (nSPS) is 30.9. The summed E-state index contributed by atoms with van der Waals surface area (Å²) in [6, 6.07) is 0. The highest BCUT2D eigenvalue weighted by molar-refractivity contribution is 5.65. The number of piperidine rings is 1. The zero-order chi connectivity index (χ0) is 10.2. The van der Waals surface area contributed by atoms with E-state index in [1.807, 2.05) is 0 Å². The monoisotopic (exact) mass is 199 g/mol. The van der Waals surface area contributed by atoms with E-state index in [1.54, 1.807) is 0 Å². The van der Waals surface area contributed by atoms with Gasteiger partial charge in [0.15, 0.2) is 0 Å². The van der Waals surface area contributed by atoms with Crippen LogP contribution in [-0.2, 0) is 0 Å². The van der Waals surface area contributed by atoms with Gasteiger partial charge in [-0.25, -0.2) is 4.79 Å². The fourth-order valence-corrected chi connectivity index (χ4v) is 2.80. The summed E-state index contributed by atoms with van der Waals surface area (Å²) in [5.41, 5.74) is 0.255. The molecule has 4 nitrogen and oxygen atoms in total. The maximum atomic E-state index is 10.7. The Morgan fingerprint density at radius 1 is 1.29 bits per heavy atom. The van der Waals surface area contributed by atoms with E-state index in [0.29, 0.717) is 13.1 Å². The van der Waals surface area contributed by atoms with E-state index in [-0.39, 0.29) is 11.5 Å². The largest absolute Gasteiger partial charge is 0.465 e. The third-order valence-corrected chi connectivity index (χ3v) is 3.77. The average Bonchev–Trinajstić information content (AvgIpc) is 2.48. The Hall–Kier alpha value is -0.770. The molecule has 1 aliphatic heterocycles. The fraction of sp³-hybridized carbons (Fsp3) is 0.900. The summed E-state index contributed by atoms with van der Waals surface area (Å²) in [4.78, 5) is 12.2. The van der Waals surface area contributed by atoms with E-state index in [2.05, 4.69) is 0 Å². The van der Waals surface area contributed by atoms with E-state index < -0.39 is 6.09 Å². The molecule has 2 N–H and O–H groups in total. The molecule has 1 heterocycles. The molecule has 1 saturated heterocycles. The zero-order valence-electron chi connectivity index (χ0n) is 8.28. The Bertz CT molecular complexity index is 234. The summed E-state index contributed by atoms with van der Waals surface area (Å²) < 4.78 is 0. The van der Waals surface area contributed by atoms with Gasteiger partial charge in [0.2, 0.25) is 0 Å². The van der Waals surface area contributed by atoms with E-state index in [1.165, 1.54) is 4.90 Å². The van der Waals surface area contributed by atoms with Crippen LogP contribution < -0.4 is 0 Å². The molecule has 1 spiro atoms. The molecule has 1 saturated carbocycles. The standard InChI is InChI=1S/C10H17NO3/c12-8-1-2-10(7-8)3-5-11(6-4-10)9(13)14/h8,12H,1-7H2,(H,13,14). The number of likely N-dealkylation sites (tertiary alicyclic amines) is 1. The first-order chi connectivity index (χ1) is 6.61. The Kier molecular flexibility index (Phi) is 2.39. The molecule has 2 aliphatic rings. The minimum atomic E-state index is -0.807. The number of aliphatic hydroxyl groups excluding tert-OH is 1. The highest BCUT2D eigenvalue weighted by Gasteiger charge is 2.41. The second-order valence-corrected chi connectivity index (χ2v) is 4.67. The first-order valence-corrected chi connectivity index (χ1v) is 5.27. The number of hydrogen-bond acceptors (Lipinski definition) is 2. The summed E-state index contributed by atoms with van der Waals surface area (Å²) in [6.45, 7) is 1.28. The van der Waals surface area contributed by atoms with Gasteiger partial charge < -0.3 is 15.1 Å². The van der Waals surface area contributed by atoms with Crippen molar-refractivity contribution in [2.45, 2.75) is 38.2 Å². The van der Waals surface area contributed by atoms with Gasteiger partial charge in [-0.3, -0.25) is 0 Å². The van der Waals surface area contributed by atoms with Crippen LogP contribution in [-0.4, -0.2) is 40.4 Å². The molecule has 1 atom stereocenters. The minimum absolute atomic E-state index is 0.147. The lowest BCUT2D eigenvalue weighted by atomic mass is 9.77. The summed E-state index contributed by atoms with van der Waals surface area (Å²) in [5.74, 6) is 0. The topological polar surface area (TPSA) is 60.8 Å². The molecule has 1 amide bonds. The van der Waals surface area contributed by atoms with Gasteiger partial charge in [0, 0.05) is 13.1 Å². The van der Waals surface area contributed by atoms with Crippen LogP contribution >= 0.6 is 0 Å².